The van der Waals surface area contributed by atoms with Crippen molar-refractivity contribution in [3.05, 3.63) is 45.5 Å². The molecular formula is C9H9NO3. The smallest absolute Gasteiger partial charge is 0.265 e. The topological polar surface area (TPSA) is 60.2 Å². The van der Waals surface area contributed by atoms with Gasteiger partial charge in [-0.3, -0.25) is 14.9 Å². The fourth-order valence-electron chi connectivity index (χ4n) is 1.03. The molecule has 0 aliphatic heterocycles. The van der Waals surface area contributed by atoms with Gasteiger partial charge in [0.15, 0.2) is 0 Å². The molecule has 1 rings (SSSR count). The van der Waals surface area contributed by atoms with Crippen LogP contribution in [-0.2, 0) is 0 Å². The Labute approximate surface area is 75.3 Å². The van der Waals surface area contributed by atoms with Crippen molar-refractivity contribution in [1.82, 2.24) is 0 Å². The Hall–Kier alpha value is -1.71. The van der Waals surface area contributed by atoms with Crippen LogP contribution in [0.3, 0.4) is 0 Å². The summed E-state index contributed by atoms with van der Waals surface area (Å²) >= 11 is 0. The van der Waals surface area contributed by atoms with Crippen molar-refractivity contribution in [2.75, 3.05) is 6.54 Å². The second kappa shape index (κ2) is 3.80. The van der Waals surface area contributed by atoms with E-state index in [1.54, 1.807) is 18.2 Å². The van der Waals surface area contributed by atoms with E-state index in [9.17, 15) is 14.9 Å². The third kappa shape index (κ3) is 2.66. The van der Waals surface area contributed by atoms with Gasteiger partial charge in [0.1, 0.15) is 0 Å². The van der Waals surface area contributed by atoms with E-state index in [4.69, 9.17) is 0 Å². The monoisotopic (exact) mass is 179 g/mol. The molecule has 0 N–H and O–H groups in total. The van der Waals surface area contributed by atoms with Gasteiger partial charge in [0.2, 0.25) is 5.78 Å². The molecule has 0 spiro atoms. The molecule has 0 unspecified atom stereocenters. The summed E-state index contributed by atoms with van der Waals surface area (Å²) in [6.45, 7) is 1.20. The molecule has 0 aliphatic carbocycles. The predicted octanol–water partition coefficient (Wildman–Crippen LogP) is 1.45. The molecule has 0 radical (unpaired) electrons. The number of hydrogen-bond donors (Lipinski definition) is 0. The first-order chi connectivity index (χ1) is 6.09. The van der Waals surface area contributed by atoms with Gasteiger partial charge < -0.3 is 0 Å². The predicted molar refractivity (Wildman–Crippen MR) is 47.4 cm³/mol. The number of rotatable bonds is 3. The van der Waals surface area contributed by atoms with Gasteiger partial charge in [0.25, 0.3) is 6.54 Å². The molecule has 0 atom stereocenters. The Balaban J connectivity index is 2.83. The molecule has 1 aromatic carbocycles. The fraction of sp³-hybridized carbons (Fsp3) is 0.222. The summed E-state index contributed by atoms with van der Waals surface area (Å²) in [5.74, 6) is -0.450. The third-order valence-electron chi connectivity index (χ3n) is 1.61. The maximum absolute atomic E-state index is 11.2. The van der Waals surface area contributed by atoms with Gasteiger partial charge in [-0.25, -0.2) is 0 Å². The van der Waals surface area contributed by atoms with Crippen LogP contribution in [-0.4, -0.2) is 17.3 Å². The van der Waals surface area contributed by atoms with Gasteiger partial charge in [-0.05, 0) is 13.0 Å². The van der Waals surface area contributed by atoms with Gasteiger partial charge in [-0.15, -0.1) is 0 Å². The Kier molecular flexibility index (Phi) is 2.74. The lowest BCUT2D eigenvalue weighted by Gasteiger charge is -1.97. The van der Waals surface area contributed by atoms with Crippen LogP contribution in [0.15, 0.2) is 24.3 Å². The van der Waals surface area contributed by atoms with Crippen LogP contribution >= 0.6 is 0 Å². The minimum Gasteiger partial charge on any atom is -0.287 e. The van der Waals surface area contributed by atoms with Crippen molar-refractivity contribution in [3.63, 3.8) is 0 Å². The van der Waals surface area contributed by atoms with Crippen molar-refractivity contribution in [1.29, 1.82) is 0 Å². The second-order valence-electron chi connectivity index (χ2n) is 2.78. The number of aryl methyl sites for hydroxylation is 1. The molecule has 0 aliphatic rings. The number of carbonyl (C=O) groups excluding carboxylic acids is 1. The summed E-state index contributed by atoms with van der Waals surface area (Å²) in [6, 6.07) is 6.77. The van der Waals surface area contributed by atoms with Crippen molar-refractivity contribution >= 4 is 5.78 Å². The number of nitro groups is 1. The highest BCUT2D eigenvalue weighted by Gasteiger charge is 2.11. The average molecular weight is 179 g/mol. The highest BCUT2D eigenvalue weighted by Crippen LogP contribution is 2.04. The number of ketones is 1. The number of carbonyl (C=O) groups is 1. The van der Waals surface area contributed by atoms with Crippen LogP contribution in [0.2, 0.25) is 0 Å². The highest BCUT2D eigenvalue weighted by molar-refractivity contribution is 5.97. The first-order valence-corrected chi connectivity index (χ1v) is 3.81. The first kappa shape index (κ1) is 9.38. The standard InChI is InChI=1S/C9H9NO3/c1-7-3-2-4-8(5-7)9(11)6-10(12)13/h2-5H,6H2,1H3. The van der Waals surface area contributed by atoms with Crippen molar-refractivity contribution in [3.8, 4) is 0 Å². The minimum atomic E-state index is -0.635. The van der Waals surface area contributed by atoms with Crippen LogP contribution in [0, 0.1) is 17.0 Å². The summed E-state index contributed by atoms with van der Waals surface area (Å²) < 4.78 is 0. The van der Waals surface area contributed by atoms with E-state index in [1.165, 1.54) is 0 Å². The zero-order valence-corrected chi connectivity index (χ0v) is 7.19. The molecule has 1 aromatic rings. The largest absolute Gasteiger partial charge is 0.287 e. The summed E-state index contributed by atoms with van der Waals surface area (Å²) in [6.07, 6.45) is 0. The van der Waals surface area contributed by atoms with Crippen LogP contribution in [0.1, 0.15) is 15.9 Å². The molecule has 0 bridgehead atoms. The van der Waals surface area contributed by atoms with E-state index in [0.717, 1.165) is 5.56 Å². The van der Waals surface area contributed by atoms with Crippen LogP contribution in [0.25, 0.3) is 0 Å². The minimum absolute atomic E-state index is 0.400. The molecule has 0 heterocycles. The van der Waals surface area contributed by atoms with Gasteiger partial charge in [0, 0.05) is 10.5 Å². The molecule has 0 fully saturated rings. The van der Waals surface area contributed by atoms with E-state index in [2.05, 4.69) is 0 Å². The Morgan fingerprint density at radius 1 is 1.54 bits per heavy atom. The van der Waals surface area contributed by atoms with Crippen LogP contribution in [0.4, 0.5) is 0 Å². The second-order valence-corrected chi connectivity index (χ2v) is 2.78. The van der Waals surface area contributed by atoms with Gasteiger partial charge in [-0.1, -0.05) is 23.8 Å². The zero-order valence-electron chi connectivity index (χ0n) is 7.19. The zero-order chi connectivity index (χ0) is 9.84. The SMILES string of the molecule is Cc1cccc(C(=O)C[N+](=O)[O-])c1. The molecule has 0 saturated carbocycles. The van der Waals surface area contributed by atoms with Crippen LogP contribution in [0.5, 0.6) is 0 Å². The molecule has 4 heteroatoms. The van der Waals surface area contributed by atoms with Crippen molar-refractivity contribution < 1.29 is 9.72 Å². The molecule has 68 valence electrons. The van der Waals surface area contributed by atoms with Crippen molar-refractivity contribution in [2.45, 2.75) is 6.92 Å². The number of hydrogen-bond acceptors (Lipinski definition) is 3. The summed E-state index contributed by atoms with van der Waals surface area (Å²) in [5.41, 5.74) is 1.32. The quantitative estimate of drug-likeness (QED) is 0.401. The summed E-state index contributed by atoms with van der Waals surface area (Å²) in [4.78, 5) is 20.6. The van der Waals surface area contributed by atoms with E-state index in [-0.39, 0.29) is 0 Å². The number of Topliss-reactive ketones (excluding diaryl/α,β-unsaturated/α-hetero) is 1. The van der Waals surface area contributed by atoms with Gasteiger partial charge >= 0.3 is 0 Å². The van der Waals surface area contributed by atoms with Gasteiger partial charge in [-0.2, -0.15) is 0 Å². The lowest BCUT2D eigenvalue weighted by molar-refractivity contribution is -0.465. The number of benzene rings is 1. The lowest BCUT2D eigenvalue weighted by Crippen LogP contribution is -2.13. The van der Waals surface area contributed by atoms with Crippen LogP contribution < -0.4 is 0 Å². The maximum Gasteiger partial charge on any atom is 0.265 e. The third-order valence-corrected chi connectivity index (χ3v) is 1.61. The summed E-state index contributed by atoms with van der Waals surface area (Å²) in [5, 5.41) is 10.1. The molecule has 4 nitrogen and oxygen atoms in total. The highest BCUT2D eigenvalue weighted by atomic mass is 16.6. The molecule has 13 heavy (non-hydrogen) atoms. The number of nitrogens with zero attached hydrogens (tertiary/aromatic N) is 1. The van der Waals surface area contributed by atoms with Gasteiger partial charge in [0.05, 0.1) is 0 Å². The van der Waals surface area contributed by atoms with E-state index < -0.39 is 17.3 Å². The molecule has 0 saturated heterocycles. The normalized spacial score (nSPS) is 9.62. The summed E-state index contributed by atoms with van der Waals surface area (Å²) in [7, 11) is 0. The molecule has 0 amide bonds. The van der Waals surface area contributed by atoms with Crippen molar-refractivity contribution in [2.24, 2.45) is 0 Å². The van der Waals surface area contributed by atoms with E-state index >= 15 is 0 Å². The van der Waals surface area contributed by atoms with E-state index in [1.807, 2.05) is 13.0 Å². The average Bonchev–Trinajstić information content (AvgIpc) is 2.03. The Morgan fingerprint density at radius 3 is 2.77 bits per heavy atom. The van der Waals surface area contributed by atoms with E-state index in [0.29, 0.717) is 5.56 Å². The first-order valence-electron chi connectivity index (χ1n) is 3.81. The maximum atomic E-state index is 11.2. The molecule has 0 aromatic heterocycles. The molecular weight excluding hydrogens is 170 g/mol. The lowest BCUT2D eigenvalue weighted by atomic mass is 10.1. The fourth-order valence-corrected chi connectivity index (χ4v) is 1.03. The Bertz CT molecular complexity index is 346. The Morgan fingerprint density at radius 2 is 2.23 bits per heavy atom.